The highest BCUT2D eigenvalue weighted by molar-refractivity contribution is 14.1. The van der Waals surface area contributed by atoms with Crippen LogP contribution in [0.5, 0.6) is 0 Å². The highest BCUT2D eigenvalue weighted by Crippen LogP contribution is 2.17. The van der Waals surface area contributed by atoms with Crippen LogP contribution in [0.25, 0.3) is 0 Å². The van der Waals surface area contributed by atoms with Gasteiger partial charge < -0.3 is 4.74 Å². The summed E-state index contributed by atoms with van der Waals surface area (Å²) in [5.41, 5.74) is 0.507. The Hall–Kier alpha value is -0.230. The molecule has 0 radical (unpaired) electrons. The molecule has 0 saturated heterocycles. The zero-order valence-corrected chi connectivity index (χ0v) is 9.43. The smallest absolute Gasteiger partial charge is 0.339 e. The van der Waals surface area contributed by atoms with Crippen molar-refractivity contribution >= 4 is 41.2 Å². The Morgan fingerprint density at radius 1 is 1.58 bits per heavy atom. The SMILES string of the molecule is COC(=O)c1cc(I)ccc1S. The first-order valence-corrected chi connectivity index (χ1v) is 4.74. The molecule has 0 unspecified atom stereocenters. The van der Waals surface area contributed by atoms with E-state index in [1.165, 1.54) is 7.11 Å². The highest BCUT2D eigenvalue weighted by atomic mass is 127. The van der Waals surface area contributed by atoms with Gasteiger partial charge in [0.05, 0.1) is 12.7 Å². The summed E-state index contributed by atoms with van der Waals surface area (Å²) in [6.07, 6.45) is 0. The van der Waals surface area contributed by atoms with Crippen molar-refractivity contribution in [2.75, 3.05) is 7.11 Å². The first-order valence-electron chi connectivity index (χ1n) is 3.22. The van der Waals surface area contributed by atoms with Gasteiger partial charge in [-0.15, -0.1) is 12.6 Å². The fourth-order valence-corrected chi connectivity index (χ4v) is 1.50. The molecule has 0 saturated carbocycles. The average molecular weight is 294 g/mol. The minimum atomic E-state index is -0.349. The van der Waals surface area contributed by atoms with Crippen molar-refractivity contribution in [2.24, 2.45) is 0 Å². The molecule has 4 heteroatoms. The van der Waals surface area contributed by atoms with Crippen molar-refractivity contribution < 1.29 is 9.53 Å². The number of ether oxygens (including phenoxy) is 1. The lowest BCUT2D eigenvalue weighted by Crippen LogP contribution is -2.02. The van der Waals surface area contributed by atoms with E-state index in [0.717, 1.165) is 3.57 Å². The summed E-state index contributed by atoms with van der Waals surface area (Å²) < 4.78 is 5.57. The van der Waals surface area contributed by atoms with Gasteiger partial charge in [-0.05, 0) is 40.8 Å². The molecule has 0 aliphatic carbocycles. The third-order valence-corrected chi connectivity index (χ3v) is 2.42. The van der Waals surface area contributed by atoms with Crippen LogP contribution in [0.3, 0.4) is 0 Å². The van der Waals surface area contributed by atoms with Gasteiger partial charge in [-0.25, -0.2) is 4.79 Å². The topological polar surface area (TPSA) is 26.3 Å². The van der Waals surface area contributed by atoms with E-state index in [1.807, 2.05) is 6.07 Å². The molecule has 2 nitrogen and oxygen atoms in total. The second-order valence-corrected chi connectivity index (χ2v) is 3.88. The monoisotopic (exact) mass is 294 g/mol. The molecule has 0 aliphatic rings. The van der Waals surface area contributed by atoms with Crippen molar-refractivity contribution in [3.8, 4) is 0 Å². The van der Waals surface area contributed by atoms with Gasteiger partial charge in [-0.3, -0.25) is 0 Å². The van der Waals surface area contributed by atoms with E-state index >= 15 is 0 Å². The first kappa shape index (κ1) is 9.85. The van der Waals surface area contributed by atoms with Gasteiger partial charge in [0, 0.05) is 8.47 Å². The number of hydrogen-bond donors (Lipinski definition) is 1. The minimum absolute atomic E-state index is 0.349. The summed E-state index contributed by atoms with van der Waals surface area (Å²) in [7, 11) is 1.36. The Kier molecular flexibility index (Phi) is 3.39. The number of methoxy groups -OCH3 is 1. The average Bonchev–Trinajstić information content (AvgIpc) is 2.08. The van der Waals surface area contributed by atoms with E-state index in [2.05, 4.69) is 40.0 Å². The summed E-state index contributed by atoms with van der Waals surface area (Å²) in [5, 5.41) is 0. The zero-order chi connectivity index (χ0) is 9.14. The third kappa shape index (κ3) is 2.13. The van der Waals surface area contributed by atoms with Crippen molar-refractivity contribution in [2.45, 2.75) is 4.90 Å². The lowest BCUT2D eigenvalue weighted by atomic mass is 10.2. The summed E-state index contributed by atoms with van der Waals surface area (Å²) in [4.78, 5) is 11.8. The maximum atomic E-state index is 11.1. The van der Waals surface area contributed by atoms with Gasteiger partial charge in [-0.2, -0.15) is 0 Å². The molecule has 12 heavy (non-hydrogen) atoms. The Labute approximate surface area is 89.9 Å². The number of carbonyl (C=O) groups excluding carboxylic acids is 1. The molecule has 0 amide bonds. The first-order chi connectivity index (χ1) is 5.65. The Bertz CT molecular complexity index is 312. The molecule has 0 fully saturated rings. The van der Waals surface area contributed by atoms with Crippen molar-refractivity contribution in [1.29, 1.82) is 0 Å². The minimum Gasteiger partial charge on any atom is -0.465 e. The predicted molar refractivity (Wildman–Crippen MR) is 57.8 cm³/mol. The van der Waals surface area contributed by atoms with Crippen molar-refractivity contribution in [1.82, 2.24) is 0 Å². The number of esters is 1. The quantitative estimate of drug-likeness (QED) is 0.489. The van der Waals surface area contributed by atoms with Crippen LogP contribution in [0.2, 0.25) is 0 Å². The van der Waals surface area contributed by atoms with Gasteiger partial charge >= 0.3 is 5.97 Å². The number of benzene rings is 1. The van der Waals surface area contributed by atoms with E-state index in [0.29, 0.717) is 10.5 Å². The second-order valence-electron chi connectivity index (χ2n) is 2.15. The van der Waals surface area contributed by atoms with E-state index in [4.69, 9.17) is 0 Å². The summed E-state index contributed by atoms with van der Waals surface area (Å²) in [6.45, 7) is 0. The van der Waals surface area contributed by atoms with Crippen LogP contribution in [0.4, 0.5) is 0 Å². The van der Waals surface area contributed by atoms with Gasteiger partial charge in [0.1, 0.15) is 0 Å². The fourth-order valence-electron chi connectivity index (χ4n) is 0.782. The summed E-state index contributed by atoms with van der Waals surface area (Å²) >= 11 is 6.26. The molecule has 0 heterocycles. The number of halogens is 1. The molecule has 0 atom stereocenters. The van der Waals surface area contributed by atoms with Gasteiger partial charge in [0.2, 0.25) is 0 Å². The maximum absolute atomic E-state index is 11.1. The van der Waals surface area contributed by atoms with Crippen LogP contribution >= 0.6 is 35.2 Å². The zero-order valence-electron chi connectivity index (χ0n) is 6.37. The molecule has 0 bridgehead atoms. The summed E-state index contributed by atoms with van der Waals surface area (Å²) in [6, 6.07) is 5.40. The molecular weight excluding hydrogens is 287 g/mol. The van der Waals surface area contributed by atoms with Crippen molar-refractivity contribution in [3.05, 3.63) is 27.3 Å². The fraction of sp³-hybridized carbons (Fsp3) is 0.125. The Morgan fingerprint density at radius 3 is 2.83 bits per heavy atom. The third-order valence-electron chi connectivity index (χ3n) is 1.36. The van der Waals surface area contributed by atoms with Crippen LogP contribution in [0, 0.1) is 3.57 Å². The van der Waals surface area contributed by atoms with Crippen LogP contribution in [-0.2, 0) is 4.74 Å². The Balaban J connectivity index is 3.13. The van der Waals surface area contributed by atoms with Gasteiger partial charge in [-0.1, -0.05) is 0 Å². The molecule has 64 valence electrons. The van der Waals surface area contributed by atoms with Crippen molar-refractivity contribution in [3.63, 3.8) is 0 Å². The van der Waals surface area contributed by atoms with E-state index in [1.54, 1.807) is 12.1 Å². The van der Waals surface area contributed by atoms with E-state index in [9.17, 15) is 4.79 Å². The standard InChI is InChI=1S/C8H7IO2S/c1-11-8(10)6-4-5(9)2-3-7(6)12/h2-4,12H,1H3. The lowest BCUT2D eigenvalue weighted by Gasteiger charge is -2.02. The molecule has 0 aliphatic heterocycles. The normalized spacial score (nSPS) is 9.58. The van der Waals surface area contributed by atoms with E-state index in [-0.39, 0.29) is 5.97 Å². The second kappa shape index (κ2) is 4.13. The van der Waals surface area contributed by atoms with Crippen LogP contribution in [-0.4, -0.2) is 13.1 Å². The molecule has 0 N–H and O–H groups in total. The molecule has 1 aromatic rings. The number of rotatable bonds is 1. The molecule has 1 rings (SSSR count). The number of carbonyl (C=O) groups is 1. The number of hydrogen-bond acceptors (Lipinski definition) is 3. The predicted octanol–water partition coefficient (Wildman–Crippen LogP) is 2.37. The maximum Gasteiger partial charge on any atom is 0.339 e. The summed E-state index contributed by atoms with van der Waals surface area (Å²) in [5.74, 6) is -0.349. The number of thiol groups is 1. The van der Waals surface area contributed by atoms with Gasteiger partial charge in [0.15, 0.2) is 0 Å². The molecule has 0 spiro atoms. The molecule has 1 aromatic carbocycles. The largest absolute Gasteiger partial charge is 0.465 e. The lowest BCUT2D eigenvalue weighted by molar-refractivity contribution is 0.0597. The van der Waals surface area contributed by atoms with Crippen LogP contribution < -0.4 is 0 Å². The molecular formula is C8H7IO2S. The Morgan fingerprint density at radius 2 is 2.25 bits per heavy atom. The van der Waals surface area contributed by atoms with Crippen LogP contribution in [0.1, 0.15) is 10.4 Å². The highest BCUT2D eigenvalue weighted by Gasteiger charge is 2.08. The molecule has 0 aromatic heterocycles. The van der Waals surface area contributed by atoms with E-state index < -0.39 is 0 Å². The van der Waals surface area contributed by atoms with Crippen LogP contribution in [0.15, 0.2) is 23.1 Å². The van der Waals surface area contributed by atoms with Gasteiger partial charge in [0.25, 0.3) is 0 Å².